The van der Waals surface area contributed by atoms with Crippen molar-refractivity contribution in [1.29, 1.82) is 0 Å². The van der Waals surface area contributed by atoms with Crippen molar-refractivity contribution in [1.82, 2.24) is 4.72 Å². The lowest BCUT2D eigenvalue weighted by molar-refractivity contribution is -0.387. The SMILES string of the molecule is Cc1cc([N+](=O)[O-])c(S(=O)(=O)NC2CCC(C(=O)O)CC2)cc1C. The minimum atomic E-state index is -4.05. The molecule has 1 aliphatic rings. The van der Waals surface area contributed by atoms with Gasteiger partial charge in [-0.1, -0.05) is 0 Å². The number of aryl methyl sites for hydroxylation is 2. The second-order valence-electron chi connectivity index (χ2n) is 6.17. The Morgan fingerprint density at radius 3 is 2.25 bits per heavy atom. The van der Waals surface area contributed by atoms with Crippen molar-refractivity contribution in [2.75, 3.05) is 0 Å². The molecule has 2 N–H and O–H groups in total. The number of nitrogens with one attached hydrogen (secondary N) is 1. The molecule has 24 heavy (non-hydrogen) atoms. The zero-order chi connectivity index (χ0) is 18.1. The van der Waals surface area contributed by atoms with Gasteiger partial charge in [0.05, 0.1) is 10.8 Å². The first-order valence-electron chi connectivity index (χ1n) is 7.62. The molecule has 132 valence electrons. The molecule has 0 bridgehead atoms. The number of aliphatic carboxylic acids is 1. The Bertz CT molecular complexity index is 766. The number of nitro groups is 1. The Kier molecular flexibility index (Phi) is 5.24. The molecule has 1 aliphatic carbocycles. The number of carbonyl (C=O) groups is 1. The Hall–Kier alpha value is -2.00. The molecule has 0 amide bonds. The summed E-state index contributed by atoms with van der Waals surface area (Å²) < 4.78 is 27.6. The maximum Gasteiger partial charge on any atom is 0.306 e. The molecule has 0 saturated heterocycles. The fourth-order valence-electron chi connectivity index (χ4n) is 2.87. The van der Waals surface area contributed by atoms with Crippen molar-refractivity contribution in [3.8, 4) is 0 Å². The summed E-state index contributed by atoms with van der Waals surface area (Å²) in [5, 5.41) is 20.2. The highest BCUT2D eigenvalue weighted by Crippen LogP contribution is 2.30. The van der Waals surface area contributed by atoms with E-state index in [9.17, 15) is 23.3 Å². The molecule has 0 radical (unpaired) electrons. The number of carboxylic acid groups (broad SMARTS) is 1. The lowest BCUT2D eigenvalue weighted by Crippen LogP contribution is -2.38. The third-order valence-electron chi connectivity index (χ3n) is 4.46. The number of nitro benzene ring substituents is 1. The fourth-order valence-corrected chi connectivity index (χ4v) is 4.42. The number of carboxylic acids is 1. The summed E-state index contributed by atoms with van der Waals surface area (Å²) in [6.07, 6.45) is 1.57. The van der Waals surface area contributed by atoms with E-state index in [0.29, 0.717) is 36.8 Å². The molecule has 8 nitrogen and oxygen atoms in total. The standard InChI is InChI=1S/C15H20N2O6S/c1-9-7-13(17(20)21)14(8-10(9)2)24(22,23)16-12-5-3-11(4-6-12)15(18)19/h7-8,11-12,16H,3-6H2,1-2H3,(H,18,19). The van der Waals surface area contributed by atoms with Crippen LogP contribution in [0.25, 0.3) is 0 Å². The van der Waals surface area contributed by atoms with E-state index in [-0.39, 0.29) is 4.90 Å². The van der Waals surface area contributed by atoms with E-state index >= 15 is 0 Å². The summed E-state index contributed by atoms with van der Waals surface area (Å²) in [6, 6.07) is 2.15. The van der Waals surface area contributed by atoms with Crippen LogP contribution in [0.4, 0.5) is 5.69 Å². The number of hydrogen-bond donors (Lipinski definition) is 2. The molecule has 0 atom stereocenters. The van der Waals surface area contributed by atoms with E-state index in [1.54, 1.807) is 13.8 Å². The Labute approximate surface area is 140 Å². The summed E-state index contributed by atoms with van der Waals surface area (Å²) in [6.45, 7) is 3.37. The van der Waals surface area contributed by atoms with Gasteiger partial charge in [-0.05, 0) is 56.7 Å². The van der Waals surface area contributed by atoms with E-state index < -0.39 is 38.6 Å². The van der Waals surface area contributed by atoms with Crippen molar-refractivity contribution in [2.45, 2.75) is 50.5 Å². The molecule has 0 unspecified atom stereocenters. The Morgan fingerprint density at radius 1 is 1.21 bits per heavy atom. The van der Waals surface area contributed by atoms with Crippen molar-refractivity contribution in [3.05, 3.63) is 33.4 Å². The maximum atomic E-state index is 12.6. The van der Waals surface area contributed by atoms with Crippen molar-refractivity contribution in [2.24, 2.45) is 5.92 Å². The summed E-state index contributed by atoms with van der Waals surface area (Å²) in [5.74, 6) is -1.33. The van der Waals surface area contributed by atoms with Crippen LogP contribution in [0.3, 0.4) is 0 Å². The zero-order valence-electron chi connectivity index (χ0n) is 13.5. The molecule has 0 heterocycles. The number of hydrogen-bond acceptors (Lipinski definition) is 5. The predicted octanol–water partition coefficient (Wildman–Crippen LogP) is 2.13. The summed E-state index contributed by atoms with van der Waals surface area (Å²) in [7, 11) is -4.05. The normalized spacial score (nSPS) is 21.4. The Balaban J connectivity index is 2.24. The predicted molar refractivity (Wildman–Crippen MR) is 86.3 cm³/mol. The van der Waals surface area contributed by atoms with E-state index in [2.05, 4.69) is 4.72 Å². The molecular formula is C15H20N2O6S. The van der Waals surface area contributed by atoms with E-state index in [0.717, 1.165) is 0 Å². The third kappa shape index (κ3) is 3.90. The lowest BCUT2D eigenvalue weighted by Gasteiger charge is -2.26. The van der Waals surface area contributed by atoms with Crippen LogP contribution in [0.1, 0.15) is 36.8 Å². The first-order chi connectivity index (χ1) is 11.1. The highest BCUT2D eigenvalue weighted by atomic mass is 32.2. The van der Waals surface area contributed by atoms with Crippen LogP contribution < -0.4 is 4.72 Å². The summed E-state index contributed by atoms with van der Waals surface area (Å²) in [4.78, 5) is 21.1. The van der Waals surface area contributed by atoms with Gasteiger partial charge in [0.1, 0.15) is 0 Å². The smallest absolute Gasteiger partial charge is 0.306 e. The van der Waals surface area contributed by atoms with Crippen molar-refractivity contribution >= 4 is 21.7 Å². The van der Waals surface area contributed by atoms with Gasteiger partial charge in [0.25, 0.3) is 5.69 Å². The van der Waals surface area contributed by atoms with Gasteiger partial charge >= 0.3 is 5.97 Å². The van der Waals surface area contributed by atoms with Gasteiger partial charge in [-0.15, -0.1) is 0 Å². The zero-order valence-corrected chi connectivity index (χ0v) is 14.3. The second-order valence-corrected chi connectivity index (χ2v) is 7.85. The van der Waals surface area contributed by atoms with Gasteiger partial charge in [-0.3, -0.25) is 14.9 Å². The van der Waals surface area contributed by atoms with Gasteiger partial charge in [0.15, 0.2) is 4.90 Å². The van der Waals surface area contributed by atoms with Crippen LogP contribution in [0.15, 0.2) is 17.0 Å². The molecule has 2 rings (SSSR count). The topological polar surface area (TPSA) is 127 Å². The summed E-state index contributed by atoms with van der Waals surface area (Å²) >= 11 is 0. The molecule has 0 spiro atoms. The van der Waals surface area contributed by atoms with Crippen LogP contribution in [-0.2, 0) is 14.8 Å². The highest BCUT2D eigenvalue weighted by Gasteiger charge is 2.32. The Morgan fingerprint density at radius 2 is 1.75 bits per heavy atom. The van der Waals surface area contributed by atoms with E-state index in [4.69, 9.17) is 5.11 Å². The second kappa shape index (κ2) is 6.86. The van der Waals surface area contributed by atoms with Crippen LogP contribution in [0.5, 0.6) is 0 Å². The third-order valence-corrected chi connectivity index (χ3v) is 6.01. The first kappa shape index (κ1) is 18.3. The molecule has 1 fully saturated rings. The van der Waals surface area contributed by atoms with Crippen LogP contribution in [0, 0.1) is 29.9 Å². The minimum Gasteiger partial charge on any atom is -0.481 e. The molecule has 9 heteroatoms. The molecule has 1 aromatic carbocycles. The fraction of sp³-hybridized carbons (Fsp3) is 0.533. The maximum absolute atomic E-state index is 12.6. The minimum absolute atomic E-state index is 0.351. The average molecular weight is 356 g/mol. The van der Waals surface area contributed by atoms with Crippen molar-refractivity contribution < 1.29 is 23.2 Å². The number of rotatable bonds is 5. The van der Waals surface area contributed by atoms with E-state index in [1.165, 1.54) is 12.1 Å². The van der Waals surface area contributed by atoms with Gasteiger partial charge in [-0.25, -0.2) is 13.1 Å². The number of benzene rings is 1. The van der Waals surface area contributed by atoms with Gasteiger partial charge in [-0.2, -0.15) is 0 Å². The highest BCUT2D eigenvalue weighted by molar-refractivity contribution is 7.89. The van der Waals surface area contributed by atoms with E-state index in [1.807, 2.05) is 0 Å². The monoisotopic (exact) mass is 356 g/mol. The van der Waals surface area contributed by atoms with Gasteiger partial charge in [0.2, 0.25) is 10.0 Å². The first-order valence-corrected chi connectivity index (χ1v) is 9.11. The molecular weight excluding hydrogens is 336 g/mol. The van der Waals surface area contributed by atoms with Gasteiger partial charge in [0, 0.05) is 12.1 Å². The number of nitrogens with zero attached hydrogens (tertiary/aromatic N) is 1. The molecule has 1 aromatic rings. The quantitative estimate of drug-likeness (QED) is 0.614. The largest absolute Gasteiger partial charge is 0.481 e. The van der Waals surface area contributed by atoms with Crippen molar-refractivity contribution in [3.63, 3.8) is 0 Å². The number of sulfonamides is 1. The molecule has 0 aromatic heterocycles. The average Bonchev–Trinajstić information content (AvgIpc) is 2.49. The van der Waals surface area contributed by atoms with Crippen LogP contribution >= 0.6 is 0 Å². The molecule has 1 saturated carbocycles. The van der Waals surface area contributed by atoms with Gasteiger partial charge < -0.3 is 5.11 Å². The molecule has 0 aliphatic heterocycles. The van der Waals surface area contributed by atoms with Crippen LogP contribution in [-0.4, -0.2) is 30.5 Å². The van der Waals surface area contributed by atoms with Crippen LogP contribution in [0.2, 0.25) is 0 Å². The lowest BCUT2D eigenvalue weighted by atomic mass is 9.87. The summed E-state index contributed by atoms with van der Waals surface area (Å²) in [5.41, 5.74) is 0.836.